The van der Waals surface area contributed by atoms with E-state index in [0.29, 0.717) is 49.0 Å². The lowest BCUT2D eigenvalue weighted by molar-refractivity contribution is 0.0304. The summed E-state index contributed by atoms with van der Waals surface area (Å²) in [5, 5.41) is 13.6. The standard InChI is InChI=1S/C25H24N4O2/c26-16-17-3-8-20-21(25(30)29-10-12-31-13-11-29)15-23(28-24(20)14-17)19-6-4-18(5-7-19)22-2-1-9-27-22/h3-8,14-15,22,27H,1-2,9-13H2. The highest BCUT2D eigenvalue weighted by Crippen LogP contribution is 2.29. The Morgan fingerprint density at radius 1 is 1.13 bits per heavy atom. The van der Waals surface area contributed by atoms with Gasteiger partial charge in [0.25, 0.3) is 5.91 Å². The quantitative estimate of drug-likeness (QED) is 0.710. The zero-order valence-electron chi connectivity index (χ0n) is 17.3. The van der Waals surface area contributed by atoms with Crippen LogP contribution in [0.4, 0.5) is 0 Å². The summed E-state index contributed by atoms with van der Waals surface area (Å²) in [6, 6.07) is 18.2. The number of morpholine rings is 1. The fourth-order valence-electron chi connectivity index (χ4n) is 4.41. The molecule has 0 aliphatic carbocycles. The van der Waals surface area contributed by atoms with Crippen LogP contribution in [0.2, 0.25) is 0 Å². The SMILES string of the molecule is N#Cc1ccc2c(C(=O)N3CCOCC3)cc(-c3ccc(C4CCCN4)cc3)nc2c1. The summed E-state index contributed by atoms with van der Waals surface area (Å²) in [4.78, 5) is 20.0. The van der Waals surface area contributed by atoms with Gasteiger partial charge in [-0.3, -0.25) is 4.79 Å². The molecule has 1 N–H and O–H groups in total. The lowest BCUT2D eigenvalue weighted by Crippen LogP contribution is -2.40. The van der Waals surface area contributed by atoms with E-state index in [0.717, 1.165) is 29.6 Å². The van der Waals surface area contributed by atoms with Crippen LogP contribution in [0.15, 0.2) is 48.5 Å². The lowest BCUT2D eigenvalue weighted by Gasteiger charge is -2.27. The summed E-state index contributed by atoms with van der Waals surface area (Å²) < 4.78 is 5.40. The summed E-state index contributed by atoms with van der Waals surface area (Å²) in [7, 11) is 0. The van der Waals surface area contributed by atoms with Gasteiger partial charge in [-0.25, -0.2) is 4.98 Å². The minimum atomic E-state index is -0.0200. The maximum atomic E-state index is 13.3. The molecule has 0 saturated carbocycles. The molecule has 1 aromatic heterocycles. The van der Waals surface area contributed by atoms with Crippen molar-refractivity contribution in [3.63, 3.8) is 0 Å². The second-order valence-corrected chi connectivity index (χ2v) is 8.07. The third-order valence-corrected chi connectivity index (χ3v) is 6.14. The maximum absolute atomic E-state index is 13.3. The molecule has 3 aromatic rings. The molecule has 1 atom stereocenters. The molecule has 156 valence electrons. The Labute approximate surface area is 181 Å². The third-order valence-electron chi connectivity index (χ3n) is 6.14. The van der Waals surface area contributed by atoms with Gasteiger partial charge in [-0.2, -0.15) is 5.26 Å². The molecule has 6 nitrogen and oxygen atoms in total. The molecular weight excluding hydrogens is 388 g/mol. The van der Waals surface area contributed by atoms with Crippen molar-refractivity contribution in [2.24, 2.45) is 0 Å². The summed E-state index contributed by atoms with van der Waals surface area (Å²) in [5.41, 5.74) is 4.79. The van der Waals surface area contributed by atoms with Gasteiger partial charge < -0.3 is 15.0 Å². The summed E-state index contributed by atoms with van der Waals surface area (Å²) in [6.07, 6.45) is 2.36. The van der Waals surface area contributed by atoms with E-state index >= 15 is 0 Å². The zero-order chi connectivity index (χ0) is 21.2. The van der Waals surface area contributed by atoms with Gasteiger partial charge in [-0.1, -0.05) is 30.3 Å². The van der Waals surface area contributed by atoms with E-state index in [1.807, 2.05) is 17.0 Å². The summed E-state index contributed by atoms with van der Waals surface area (Å²) in [5.74, 6) is -0.0200. The number of pyridine rings is 1. The smallest absolute Gasteiger partial charge is 0.254 e. The van der Waals surface area contributed by atoms with Gasteiger partial charge in [0.15, 0.2) is 0 Å². The number of hydrogen-bond acceptors (Lipinski definition) is 5. The predicted molar refractivity (Wildman–Crippen MR) is 119 cm³/mol. The Morgan fingerprint density at radius 3 is 2.65 bits per heavy atom. The molecule has 2 saturated heterocycles. The monoisotopic (exact) mass is 412 g/mol. The molecule has 0 radical (unpaired) electrons. The second-order valence-electron chi connectivity index (χ2n) is 8.07. The van der Waals surface area contributed by atoms with Gasteiger partial charge in [-0.15, -0.1) is 0 Å². The fourth-order valence-corrected chi connectivity index (χ4v) is 4.41. The van der Waals surface area contributed by atoms with Crippen molar-refractivity contribution < 1.29 is 9.53 Å². The minimum absolute atomic E-state index is 0.0200. The van der Waals surface area contributed by atoms with E-state index in [9.17, 15) is 10.1 Å². The Bertz CT molecular complexity index is 1150. The number of amides is 1. The number of nitrogens with one attached hydrogen (secondary N) is 1. The molecule has 5 rings (SSSR count). The summed E-state index contributed by atoms with van der Waals surface area (Å²) in [6.45, 7) is 3.33. The molecule has 2 fully saturated rings. The molecule has 1 amide bonds. The van der Waals surface area contributed by atoms with E-state index in [2.05, 4.69) is 35.7 Å². The number of aromatic nitrogens is 1. The normalized spacial score (nSPS) is 18.8. The largest absolute Gasteiger partial charge is 0.378 e. The number of ether oxygens (including phenoxy) is 1. The Kier molecular flexibility index (Phi) is 5.37. The van der Waals surface area contributed by atoms with E-state index < -0.39 is 0 Å². The van der Waals surface area contributed by atoms with E-state index in [1.165, 1.54) is 12.0 Å². The Hall–Kier alpha value is -3.27. The fraction of sp³-hybridized carbons (Fsp3) is 0.320. The number of carbonyl (C=O) groups excluding carboxylic acids is 1. The Balaban J connectivity index is 1.57. The number of benzene rings is 2. The lowest BCUT2D eigenvalue weighted by atomic mass is 9.99. The number of nitriles is 1. The molecule has 0 spiro atoms. The van der Waals surface area contributed by atoms with E-state index in [1.54, 1.807) is 12.1 Å². The second kappa shape index (κ2) is 8.46. The van der Waals surface area contributed by atoms with E-state index in [4.69, 9.17) is 9.72 Å². The highest BCUT2D eigenvalue weighted by atomic mass is 16.5. The van der Waals surface area contributed by atoms with Crippen molar-refractivity contribution in [3.8, 4) is 17.3 Å². The van der Waals surface area contributed by atoms with Crippen LogP contribution in [-0.4, -0.2) is 48.6 Å². The molecule has 31 heavy (non-hydrogen) atoms. The average Bonchev–Trinajstić information content (AvgIpc) is 3.38. The molecule has 1 unspecified atom stereocenters. The van der Waals surface area contributed by atoms with Crippen molar-refractivity contribution in [1.82, 2.24) is 15.2 Å². The molecule has 6 heteroatoms. The molecule has 0 bridgehead atoms. The zero-order valence-corrected chi connectivity index (χ0v) is 17.3. The van der Waals surface area contributed by atoms with Gasteiger partial charge >= 0.3 is 0 Å². The van der Waals surface area contributed by atoms with Gasteiger partial charge in [0.05, 0.1) is 41.6 Å². The van der Waals surface area contributed by atoms with Crippen molar-refractivity contribution >= 4 is 16.8 Å². The van der Waals surface area contributed by atoms with Crippen molar-refractivity contribution in [2.45, 2.75) is 18.9 Å². The first-order valence-corrected chi connectivity index (χ1v) is 10.8. The molecule has 2 aliphatic heterocycles. The van der Waals surface area contributed by atoms with Crippen LogP contribution in [0.3, 0.4) is 0 Å². The van der Waals surface area contributed by atoms with Gasteiger partial charge in [-0.05, 0) is 43.1 Å². The average molecular weight is 412 g/mol. The number of carbonyl (C=O) groups is 1. The van der Waals surface area contributed by atoms with Gasteiger partial charge in [0, 0.05) is 30.1 Å². The number of hydrogen-bond donors (Lipinski definition) is 1. The molecule has 2 aliphatic rings. The van der Waals surface area contributed by atoms with Crippen LogP contribution in [0.25, 0.3) is 22.2 Å². The molecular formula is C25H24N4O2. The predicted octanol–water partition coefficient (Wildman–Crippen LogP) is 3.67. The first-order chi connectivity index (χ1) is 15.2. The van der Waals surface area contributed by atoms with Crippen LogP contribution in [-0.2, 0) is 4.74 Å². The highest BCUT2D eigenvalue weighted by Gasteiger charge is 2.22. The van der Waals surface area contributed by atoms with Crippen LogP contribution >= 0.6 is 0 Å². The van der Waals surface area contributed by atoms with Crippen molar-refractivity contribution in [3.05, 3.63) is 65.2 Å². The van der Waals surface area contributed by atoms with Crippen LogP contribution in [0.1, 0.15) is 40.4 Å². The molecule has 2 aromatic carbocycles. The van der Waals surface area contributed by atoms with E-state index in [-0.39, 0.29) is 5.91 Å². The maximum Gasteiger partial charge on any atom is 0.254 e. The first kappa shape index (κ1) is 19.7. The number of fused-ring (bicyclic) bond motifs is 1. The van der Waals surface area contributed by atoms with Crippen molar-refractivity contribution in [2.75, 3.05) is 32.8 Å². The van der Waals surface area contributed by atoms with Gasteiger partial charge in [0.1, 0.15) is 0 Å². The first-order valence-electron chi connectivity index (χ1n) is 10.8. The Morgan fingerprint density at radius 2 is 1.94 bits per heavy atom. The van der Waals surface area contributed by atoms with Gasteiger partial charge in [0.2, 0.25) is 0 Å². The van der Waals surface area contributed by atoms with Crippen LogP contribution in [0, 0.1) is 11.3 Å². The topological polar surface area (TPSA) is 78.2 Å². The van der Waals surface area contributed by atoms with Crippen LogP contribution in [0.5, 0.6) is 0 Å². The minimum Gasteiger partial charge on any atom is -0.378 e. The van der Waals surface area contributed by atoms with Crippen LogP contribution < -0.4 is 5.32 Å². The molecule has 3 heterocycles. The summed E-state index contributed by atoms with van der Waals surface area (Å²) >= 11 is 0. The third kappa shape index (κ3) is 3.90. The highest BCUT2D eigenvalue weighted by molar-refractivity contribution is 6.07. The van der Waals surface area contributed by atoms with Crippen molar-refractivity contribution in [1.29, 1.82) is 5.26 Å². The number of rotatable bonds is 3. The number of nitrogens with zero attached hydrogens (tertiary/aromatic N) is 3.